The summed E-state index contributed by atoms with van der Waals surface area (Å²) in [6.45, 7) is 3.83. The summed E-state index contributed by atoms with van der Waals surface area (Å²) in [6, 6.07) is 11.8. The topological polar surface area (TPSA) is 99.3 Å². The molecule has 2 aromatic carbocycles. The second-order valence-corrected chi connectivity index (χ2v) is 6.42. The number of urea groups is 1. The van der Waals surface area contributed by atoms with Crippen molar-refractivity contribution in [2.75, 3.05) is 11.9 Å². The average molecular weight is 386 g/mol. The standard InChI is InChI=1S/C20H23FN4O3/c1-13(2)24-20(28)25-17-9-3-14(4-10-17)11-22-18(26)12-23-19(27)15-5-7-16(21)8-6-15/h3-10,13H,11-12H2,1-2H3,(H,22,26)(H,23,27)(H2,24,25,28). The minimum atomic E-state index is -0.453. The van der Waals surface area contributed by atoms with Gasteiger partial charge in [0.1, 0.15) is 5.82 Å². The first-order valence-electron chi connectivity index (χ1n) is 8.80. The summed E-state index contributed by atoms with van der Waals surface area (Å²) in [7, 11) is 0. The molecule has 2 rings (SSSR count). The van der Waals surface area contributed by atoms with Crippen LogP contribution in [0.2, 0.25) is 0 Å². The highest BCUT2D eigenvalue weighted by atomic mass is 19.1. The van der Waals surface area contributed by atoms with Crippen LogP contribution in [0, 0.1) is 5.82 Å². The fourth-order valence-electron chi connectivity index (χ4n) is 2.26. The molecule has 28 heavy (non-hydrogen) atoms. The van der Waals surface area contributed by atoms with Crippen LogP contribution in [0.4, 0.5) is 14.9 Å². The Bertz CT molecular complexity index is 820. The number of hydrogen-bond acceptors (Lipinski definition) is 3. The molecule has 0 saturated carbocycles. The van der Waals surface area contributed by atoms with Crippen LogP contribution in [-0.4, -0.2) is 30.4 Å². The Morgan fingerprint density at radius 3 is 2.18 bits per heavy atom. The molecule has 0 aliphatic carbocycles. The Morgan fingerprint density at radius 2 is 1.57 bits per heavy atom. The highest BCUT2D eigenvalue weighted by Gasteiger charge is 2.08. The quantitative estimate of drug-likeness (QED) is 0.588. The SMILES string of the molecule is CC(C)NC(=O)Nc1ccc(CNC(=O)CNC(=O)c2ccc(F)cc2)cc1. The van der Waals surface area contributed by atoms with Crippen molar-refractivity contribution in [2.45, 2.75) is 26.4 Å². The van der Waals surface area contributed by atoms with Crippen molar-refractivity contribution in [1.82, 2.24) is 16.0 Å². The largest absolute Gasteiger partial charge is 0.350 e. The third-order valence-corrected chi connectivity index (χ3v) is 3.64. The van der Waals surface area contributed by atoms with E-state index >= 15 is 0 Å². The molecule has 0 aliphatic heterocycles. The van der Waals surface area contributed by atoms with E-state index in [9.17, 15) is 18.8 Å². The molecular weight excluding hydrogens is 363 g/mol. The minimum Gasteiger partial charge on any atom is -0.350 e. The second-order valence-electron chi connectivity index (χ2n) is 6.42. The maximum Gasteiger partial charge on any atom is 0.319 e. The molecule has 8 heteroatoms. The summed E-state index contributed by atoms with van der Waals surface area (Å²) < 4.78 is 12.8. The maximum atomic E-state index is 12.8. The minimum absolute atomic E-state index is 0.0398. The van der Waals surface area contributed by atoms with Crippen molar-refractivity contribution in [1.29, 1.82) is 0 Å². The average Bonchev–Trinajstić information content (AvgIpc) is 2.65. The molecule has 4 N–H and O–H groups in total. The van der Waals surface area contributed by atoms with Gasteiger partial charge in [-0.2, -0.15) is 0 Å². The van der Waals surface area contributed by atoms with E-state index in [1.807, 2.05) is 13.8 Å². The zero-order valence-corrected chi connectivity index (χ0v) is 15.7. The number of halogens is 1. The Labute approximate surface area is 162 Å². The lowest BCUT2D eigenvalue weighted by Crippen LogP contribution is -2.36. The molecule has 0 aromatic heterocycles. The number of benzene rings is 2. The van der Waals surface area contributed by atoms with E-state index in [0.29, 0.717) is 5.69 Å². The molecule has 0 bridgehead atoms. The molecule has 0 atom stereocenters. The van der Waals surface area contributed by atoms with Crippen molar-refractivity contribution in [3.8, 4) is 0 Å². The molecule has 0 spiro atoms. The summed E-state index contributed by atoms with van der Waals surface area (Å²) >= 11 is 0. The molecule has 4 amide bonds. The Kier molecular flexibility index (Phi) is 7.50. The van der Waals surface area contributed by atoms with Crippen molar-refractivity contribution in [3.05, 3.63) is 65.5 Å². The number of carbonyl (C=O) groups is 3. The molecule has 0 saturated heterocycles. The number of carbonyl (C=O) groups excluding carboxylic acids is 3. The van der Waals surface area contributed by atoms with E-state index in [4.69, 9.17) is 0 Å². The van der Waals surface area contributed by atoms with Gasteiger partial charge in [-0.1, -0.05) is 12.1 Å². The number of anilines is 1. The highest BCUT2D eigenvalue weighted by molar-refractivity contribution is 5.96. The first-order chi connectivity index (χ1) is 13.3. The van der Waals surface area contributed by atoms with Crippen molar-refractivity contribution in [3.63, 3.8) is 0 Å². The number of hydrogen-bond donors (Lipinski definition) is 4. The lowest BCUT2D eigenvalue weighted by Gasteiger charge is -2.11. The summed E-state index contributed by atoms with van der Waals surface area (Å²) in [6.07, 6.45) is 0. The van der Waals surface area contributed by atoms with Gasteiger partial charge in [0.2, 0.25) is 5.91 Å². The third kappa shape index (κ3) is 7.06. The van der Waals surface area contributed by atoms with Gasteiger partial charge in [0.15, 0.2) is 0 Å². The van der Waals surface area contributed by atoms with Gasteiger partial charge >= 0.3 is 6.03 Å². The smallest absolute Gasteiger partial charge is 0.319 e. The third-order valence-electron chi connectivity index (χ3n) is 3.64. The van der Waals surface area contributed by atoms with Crippen molar-refractivity contribution >= 4 is 23.5 Å². The lowest BCUT2D eigenvalue weighted by atomic mass is 10.2. The molecule has 148 valence electrons. The first kappa shape index (κ1) is 20.9. The monoisotopic (exact) mass is 386 g/mol. The van der Waals surface area contributed by atoms with E-state index in [-0.39, 0.29) is 36.6 Å². The van der Waals surface area contributed by atoms with Gasteiger partial charge in [-0.05, 0) is 55.8 Å². The molecule has 7 nitrogen and oxygen atoms in total. The van der Waals surface area contributed by atoms with E-state index in [0.717, 1.165) is 5.56 Å². The van der Waals surface area contributed by atoms with Crippen LogP contribution in [0.1, 0.15) is 29.8 Å². The lowest BCUT2D eigenvalue weighted by molar-refractivity contribution is -0.120. The summed E-state index contributed by atoms with van der Waals surface area (Å²) in [5.74, 6) is -1.24. The molecule has 0 unspecified atom stereocenters. The Balaban J connectivity index is 1.74. The van der Waals surface area contributed by atoms with Gasteiger partial charge in [-0.25, -0.2) is 9.18 Å². The summed E-state index contributed by atoms with van der Waals surface area (Å²) in [4.78, 5) is 35.4. The van der Waals surface area contributed by atoms with Crippen LogP contribution in [0.5, 0.6) is 0 Å². The van der Waals surface area contributed by atoms with E-state index in [2.05, 4.69) is 21.3 Å². The number of rotatable bonds is 7. The van der Waals surface area contributed by atoms with Crippen LogP contribution in [0.3, 0.4) is 0 Å². The fourth-order valence-corrected chi connectivity index (χ4v) is 2.26. The van der Waals surface area contributed by atoms with Gasteiger partial charge in [0.25, 0.3) is 5.91 Å². The fraction of sp³-hybridized carbons (Fsp3) is 0.250. The van der Waals surface area contributed by atoms with Gasteiger partial charge in [0, 0.05) is 23.8 Å². The maximum absolute atomic E-state index is 12.8. The normalized spacial score (nSPS) is 10.3. The van der Waals surface area contributed by atoms with Crippen LogP contribution in [0.15, 0.2) is 48.5 Å². The molecule has 2 aromatic rings. The van der Waals surface area contributed by atoms with Gasteiger partial charge in [-0.3, -0.25) is 9.59 Å². The van der Waals surface area contributed by atoms with Crippen LogP contribution < -0.4 is 21.3 Å². The van der Waals surface area contributed by atoms with E-state index < -0.39 is 11.7 Å². The zero-order valence-electron chi connectivity index (χ0n) is 15.7. The highest BCUT2D eigenvalue weighted by Crippen LogP contribution is 2.09. The van der Waals surface area contributed by atoms with Gasteiger partial charge in [0.05, 0.1) is 6.54 Å². The molecule has 0 fully saturated rings. The van der Waals surface area contributed by atoms with E-state index in [1.54, 1.807) is 24.3 Å². The Hall–Kier alpha value is -3.42. The van der Waals surface area contributed by atoms with Crippen molar-refractivity contribution < 1.29 is 18.8 Å². The van der Waals surface area contributed by atoms with E-state index in [1.165, 1.54) is 24.3 Å². The predicted molar refractivity (Wildman–Crippen MR) is 104 cm³/mol. The van der Waals surface area contributed by atoms with Gasteiger partial charge < -0.3 is 21.3 Å². The second kappa shape index (κ2) is 10.1. The number of amides is 4. The van der Waals surface area contributed by atoms with Crippen LogP contribution in [0.25, 0.3) is 0 Å². The van der Waals surface area contributed by atoms with Crippen LogP contribution >= 0.6 is 0 Å². The Morgan fingerprint density at radius 1 is 0.929 bits per heavy atom. The van der Waals surface area contributed by atoms with Crippen molar-refractivity contribution in [2.24, 2.45) is 0 Å². The molecular formula is C20H23FN4O3. The molecule has 0 aliphatic rings. The predicted octanol–water partition coefficient (Wildman–Crippen LogP) is 2.40. The first-order valence-corrected chi connectivity index (χ1v) is 8.80. The van der Waals surface area contributed by atoms with Crippen LogP contribution in [-0.2, 0) is 11.3 Å². The summed E-state index contributed by atoms with van der Waals surface area (Å²) in [5.41, 5.74) is 1.76. The van der Waals surface area contributed by atoms with Gasteiger partial charge in [-0.15, -0.1) is 0 Å². The zero-order chi connectivity index (χ0) is 20.5. The number of nitrogens with one attached hydrogen (secondary N) is 4. The molecule has 0 heterocycles. The molecule has 0 radical (unpaired) electrons. The summed E-state index contributed by atoms with van der Waals surface area (Å²) in [5, 5.41) is 10.6.